The molecule has 4 aliphatic carbocycles. The molecule has 5 nitrogen and oxygen atoms in total. The Bertz CT molecular complexity index is 1130. The topological polar surface area (TPSA) is 57.5 Å². The molecule has 1 heterocycles. The van der Waals surface area contributed by atoms with E-state index < -0.39 is 6.61 Å². The summed E-state index contributed by atoms with van der Waals surface area (Å²) in [4.78, 5) is 25.8. The molecule has 4 saturated carbocycles. The Morgan fingerprint density at radius 2 is 1.77 bits per heavy atom. The Morgan fingerprint density at radius 3 is 2.37 bits per heavy atom. The highest BCUT2D eigenvalue weighted by molar-refractivity contribution is 9.10. The number of halogens is 3. The minimum atomic E-state index is -2.88. The zero-order chi connectivity index (χ0) is 25.0. The van der Waals surface area contributed by atoms with Crippen LogP contribution < -0.4 is 4.74 Å². The molecule has 1 aromatic carbocycles. The molecule has 0 saturated heterocycles. The van der Waals surface area contributed by atoms with Gasteiger partial charge < -0.3 is 14.0 Å². The number of carbonyl (C=O) groups excluding carboxylic acids is 2. The maximum Gasteiger partial charge on any atom is 0.387 e. The second-order valence-electron chi connectivity index (χ2n) is 10.9. The van der Waals surface area contributed by atoms with Crippen molar-refractivity contribution in [2.24, 2.45) is 17.3 Å². The largest absolute Gasteiger partial charge is 0.457 e. The first-order chi connectivity index (χ1) is 16.5. The molecule has 0 radical (unpaired) electrons. The minimum Gasteiger partial charge on any atom is -0.457 e. The summed E-state index contributed by atoms with van der Waals surface area (Å²) in [6.45, 7) is 0.512. The lowest BCUT2D eigenvalue weighted by atomic mass is 9.49. The van der Waals surface area contributed by atoms with Crippen LogP contribution in [0.25, 0.3) is 5.69 Å². The fraction of sp³-hybridized carbons (Fsp3) is 0.556. The Kier molecular flexibility index (Phi) is 6.31. The van der Waals surface area contributed by atoms with Crippen LogP contribution in [0.5, 0.6) is 5.75 Å². The first-order valence-electron chi connectivity index (χ1n) is 12.2. The van der Waals surface area contributed by atoms with Gasteiger partial charge in [-0.25, -0.2) is 0 Å². The number of ketones is 1. The van der Waals surface area contributed by atoms with Gasteiger partial charge in [0.05, 0.1) is 6.42 Å². The number of hydrogen-bond acceptors (Lipinski definition) is 4. The lowest BCUT2D eigenvalue weighted by Gasteiger charge is -2.60. The number of Topliss-reactive ketones (excluding diaryl/α,β-unsaturated/α-hetero) is 1. The molecule has 2 unspecified atom stereocenters. The van der Waals surface area contributed by atoms with Gasteiger partial charge in [-0.05, 0) is 100.0 Å². The molecule has 35 heavy (non-hydrogen) atoms. The maximum absolute atomic E-state index is 13.0. The van der Waals surface area contributed by atoms with E-state index >= 15 is 0 Å². The van der Waals surface area contributed by atoms with Crippen LogP contribution in [0.1, 0.15) is 66.7 Å². The normalized spacial score (nSPS) is 29.0. The summed E-state index contributed by atoms with van der Waals surface area (Å²) in [5.74, 6) is 0.898. The van der Waals surface area contributed by atoms with E-state index in [0.29, 0.717) is 29.5 Å². The molecule has 0 aliphatic heterocycles. The second-order valence-corrected chi connectivity index (χ2v) is 12.5. The molecular formula is C27H30BrF2NO4. The molecule has 6 rings (SSSR count). The van der Waals surface area contributed by atoms with Gasteiger partial charge in [-0.1, -0.05) is 15.9 Å². The third-order valence-electron chi connectivity index (χ3n) is 8.05. The average molecular weight is 550 g/mol. The quantitative estimate of drug-likeness (QED) is 0.213. The third kappa shape index (κ3) is 4.91. The number of hydrogen-bond donors (Lipinski definition) is 0. The number of ether oxygens (including phenoxy) is 2. The lowest BCUT2D eigenvalue weighted by molar-refractivity contribution is -0.149. The number of nitrogens with zero attached hydrogens (tertiary/aromatic N) is 1. The number of aromatic nitrogens is 1. The Morgan fingerprint density at radius 1 is 1.11 bits per heavy atom. The average Bonchev–Trinajstić information content (AvgIpc) is 3.04. The van der Waals surface area contributed by atoms with Crippen molar-refractivity contribution < 1.29 is 27.8 Å². The SMILES string of the molecule is Cc1cc(C(=O)COC(=O)CC23CC4CC(CC(Br)(C4)C2)C3)c(C)n1-c1ccc(OC(F)F)cc1. The van der Waals surface area contributed by atoms with Crippen molar-refractivity contribution in [1.82, 2.24) is 4.57 Å². The first-order valence-corrected chi connectivity index (χ1v) is 13.0. The Balaban J connectivity index is 1.23. The fourth-order valence-corrected chi connectivity index (χ4v) is 8.85. The number of esters is 1. The fourth-order valence-electron chi connectivity index (χ4n) is 7.34. The summed E-state index contributed by atoms with van der Waals surface area (Å²) in [6.07, 6.45) is 7.25. The Hall–Kier alpha value is -2.22. The van der Waals surface area contributed by atoms with Crippen LogP contribution in [0.2, 0.25) is 0 Å². The zero-order valence-electron chi connectivity index (χ0n) is 20.0. The van der Waals surface area contributed by atoms with Gasteiger partial charge in [-0.3, -0.25) is 9.59 Å². The number of alkyl halides is 3. The van der Waals surface area contributed by atoms with Crippen LogP contribution in [0.4, 0.5) is 8.78 Å². The standard InChI is InChI=1S/C27H30BrF2NO4/c1-16-7-22(17(2)31(16)20-3-5-21(6-4-20)35-25(29)30)23(32)14-34-24(33)13-26-9-18-8-19(10-26)12-27(28,11-18)15-26/h3-7,18-19,25H,8-15H2,1-2H3. The molecule has 4 aliphatic rings. The van der Waals surface area contributed by atoms with Crippen molar-refractivity contribution in [3.63, 3.8) is 0 Å². The van der Waals surface area contributed by atoms with E-state index in [1.807, 2.05) is 18.4 Å². The highest BCUT2D eigenvalue weighted by atomic mass is 79.9. The predicted octanol–water partition coefficient (Wildman–Crippen LogP) is 6.55. The highest BCUT2D eigenvalue weighted by Crippen LogP contribution is 2.65. The van der Waals surface area contributed by atoms with E-state index in [1.165, 1.54) is 31.4 Å². The molecule has 0 N–H and O–H groups in total. The van der Waals surface area contributed by atoms with Gasteiger partial charge in [0.2, 0.25) is 5.78 Å². The molecule has 1 aromatic heterocycles. The van der Waals surface area contributed by atoms with E-state index in [0.717, 1.165) is 30.6 Å². The molecule has 188 valence electrons. The van der Waals surface area contributed by atoms with Crippen LogP contribution in [0.3, 0.4) is 0 Å². The molecule has 2 aromatic rings. The van der Waals surface area contributed by atoms with Gasteiger partial charge in [-0.15, -0.1) is 0 Å². The van der Waals surface area contributed by atoms with E-state index in [9.17, 15) is 18.4 Å². The van der Waals surface area contributed by atoms with Crippen LogP contribution in [0.15, 0.2) is 30.3 Å². The molecule has 4 fully saturated rings. The highest BCUT2D eigenvalue weighted by Gasteiger charge is 2.57. The van der Waals surface area contributed by atoms with Crippen molar-refractivity contribution in [1.29, 1.82) is 0 Å². The van der Waals surface area contributed by atoms with Crippen molar-refractivity contribution in [2.75, 3.05) is 6.61 Å². The van der Waals surface area contributed by atoms with Crippen LogP contribution in [-0.4, -0.2) is 33.9 Å². The Labute approximate surface area is 212 Å². The van der Waals surface area contributed by atoms with Crippen molar-refractivity contribution >= 4 is 27.7 Å². The number of carbonyl (C=O) groups is 2. The minimum absolute atomic E-state index is 0.00371. The van der Waals surface area contributed by atoms with Crippen LogP contribution in [0, 0.1) is 31.1 Å². The summed E-state index contributed by atoms with van der Waals surface area (Å²) in [6, 6.07) is 8.02. The summed E-state index contributed by atoms with van der Waals surface area (Å²) >= 11 is 3.98. The number of rotatable bonds is 8. The van der Waals surface area contributed by atoms with Gasteiger partial charge in [0.25, 0.3) is 0 Å². The van der Waals surface area contributed by atoms with E-state index in [2.05, 4.69) is 20.7 Å². The summed E-state index contributed by atoms with van der Waals surface area (Å²) in [5, 5.41) is 0. The number of aryl methyl sites for hydroxylation is 1. The molecule has 2 atom stereocenters. The molecule has 8 heteroatoms. The van der Waals surface area contributed by atoms with E-state index in [-0.39, 0.29) is 33.8 Å². The van der Waals surface area contributed by atoms with Crippen molar-refractivity contribution in [2.45, 2.75) is 69.7 Å². The zero-order valence-corrected chi connectivity index (χ0v) is 21.6. The first kappa shape index (κ1) is 24.5. The smallest absolute Gasteiger partial charge is 0.387 e. The van der Waals surface area contributed by atoms with E-state index in [4.69, 9.17) is 4.74 Å². The van der Waals surface area contributed by atoms with Gasteiger partial charge in [-0.2, -0.15) is 8.78 Å². The van der Waals surface area contributed by atoms with Gasteiger partial charge in [0.15, 0.2) is 6.61 Å². The monoisotopic (exact) mass is 549 g/mol. The number of benzene rings is 1. The van der Waals surface area contributed by atoms with Gasteiger partial charge in [0.1, 0.15) is 5.75 Å². The third-order valence-corrected chi connectivity index (χ3v) is 8.97. The van der Waals surface area contributed by atoms with Crippen LogP contribution in [-0.2, 0) is 9.53 Å². The summed E-state index contributed by atoms with van der Waals surface area (Å²) in [7, 11) is 0. The molecular weight excluding hydrogens is 520 g/mol. The van der Waals surface area contributed by atoms with Crippen LogP contribution >= 0.6 is 15.9 Å². The second kappa shape index (κ2) is 9.02. The van der Waals surface area contributed by atoms with Crippen molar-refractivity contribution in [3.05, 3.63) is 47.3 Å². The lowest BCUT2D eigenvalue weighted by Crippen LogP contribution is -2.53. The molecule has 0 spiro atoms. The molecule has 0 amide bonds. The predicted molar refractivity (Wildman–Crippen MR) is 131 cm³/mol. The summed E-state index contributed by atoms with van der Waals surface area (Å²) < 4.78 is 36.8. The van der Waals surface area contributed by atoms with E-state index in [1.54, 1.807) is 18.2 Å². The van der Waals surface area contributed by atoms with Gasteiger partial charge >= 0.3 is 12.6 Å². The van der Waals surface area contributed by atoms with Gasteiger partial charge in [0, 0.05) is 27.0 Å². The maximum atomic E-state index is 13.0. The summed E-state index contributed by atoms with van der Waals surface area (Å²) in [5.41, 5.74) is 2.73. The molecule has 4 bridgehead atoms. The van der Waals surface area contributed by atoms with Crippen molar-refractivity contribution in [3.8, 4) is 11.4 Å².